The molecule has 1 heterocycles. The molecule has 0 saturated carbocycles. The number of carbonyl (C=O) groups excluding carboxylic acids is 1. The summed E-state index contributed by atoms with van der Waals surface area (Å²) in [7, 11) is -3.99. The van der Waals surface area contributed by atoms with Gasteiger partial charge in [-0.05, 0) is 32.0 Å². The van der Waals surface area contributed by atoms with Gasteiger partial charge in [0.05, 0.1) is 31.7 Å². The van der Waals surface area contributed by atoms with Gasteiger partial charge in [0, 0.05) is 25.5 Å². The van der Waals surface area contributed by atoms with E-state index >= 15 is 0 Å². The van der Waals surface area contributed by atoms with E-state index in [1.807, 2.05) is 11.8 Å². The molecule has 3 N–H and O–H groups in total. The molecule has 0 bridgehead atoms. The SMILES string of the molecule is [2H]C([2H])(NC(=O)c1cc(S(=O)(=O)C([2H])([2H])C([2H])([2H])[2H])c(N)cc1OC)C1CCCN1CC. The molecule has 1 aliphatic heterocycles. The Bertz CT molecular complexity index is 983. The molecule has 25 heavy (non-hydrogen) atoms. The van der Waals surface area contributed by atoms with Crippen LogP contribution in [0.3, 0.4) is 0 Å². The summed E-state index contributed by atoms with van der Waals surface area (Å²) in [4.78, 5) is 13.9. The molecule has 1 aromatic carbocycles. The van der Waals surface area contributed by atoms with Gasteiger partial charge in [-0.25, -0.2) is 8.42 Å². The molecule has 1 amide bonds. The van der Waals surface area contributed by atoms with Gasteiger partial charge in [-0.3, -0.25) is 9.69 Å². The molecule has 1 aliphatic rings. The molecule has 8 heteroatoms. The van der Waals surface area contributed by atoms with Crippen molar-refractivity contribution in [2.45, 2.75) is 37.6 Å². The lowest BCUT2D eigenvalue weighted by Crippen LogP contribution is -2.40. The van der Waals surface area contributed by atoms with Crippen LogP contribution in [-0.4, -0.2) is 57.7 Å². The first-order valence-corrected chi connectivity index (χ1v) is 9.28. The first kappa shape index (κ1) is 11.7. The predicted molar refractivity (Wildman–Crippen MR) is 97.7 cm³/mol. The number of rotatable bonds is 7. The number of likely N-dealkylation sites (tertiary alicyclic amines) is 1. The smallest absolute Gasteiger partial charge is 0.255 e. The summed E-state index contributed by atoms with van der Waals surface area (Å²) in [5.74, 6) is -1.19. The standard InChI is InChI=1S/C17H27N3O4S/c1-4-20-8-6-7-12(20)11-19-17(21)13-9-16(25(22,23)5-2)14(18)10-15(13)24-3/h9-10,12H,4-8,11,18H2,1-3H3,(H,19,21)/i2D3,5D2,11D2. The molecule has 1 unspecified atom stereocenters. The normalized spacial score (nSPS) is 24.1. The summed E-state index contributed by atoms with van der Waals surface area (Å²) in [5.41, 5.74) is 1.11. The Kier molecular flexibility index (Phi) is 3.78. The molecular formula is C17H27N3O4S. The monoisotopic (exact) mass is 376 g/mol. The fourth-order valence-electron chi connectivity index (χ4n) is 2.79. The van der Waals surface area contributed by atoms with Gasteiger partial charge in [-0.15, -0.1) is 0 Å². The minimum absolute atomic E-state index is 0.178. The zero-order chi connectivity index (χ0) is 24.7. The van der Waals surface area contributed by atoms with E-state index in [4.69, 9.17) is 20.1 Å². The van der Waals surface area contributed by atoms with Gasteiger partial charge in [-0.1, -0.05) is 13.8 Å². The number of carbonyl (C=O) groups is 1. The van der Waals surface area contributed by atoms with E-state index < -0.39 is 57.0 Å². The number of anilines is 1. The topological polar surface area (TPSA) is 102 Å². The lowest BCUT2D eigenvalue weighted by Gasteiger charge is -2.23. The Hall–Kier alpha value is -1.80. The van der Waals surface area contributed by atoms with Gasteiger partial charge >= 0.3 is 0 Å². The van der Waals surface area contributed by atoms with Crippen LogP contribution in [0.4, 0.5) is 5.69 Å². The van der Waals surface area contributed by atoms with Crippen molar-refractivity contribution in [3.8, 4) is 5.75 Å². The number of sulfone groups is 1. The Balaban J connectivity index is 2.52. The van der Waals surface area contributed by atoms with E-state index in [1.54, 1.807) is 0 Å². The molecule has 0 aromatic heterocycles. The van der Waals surface area contributed by atoms with Crippen molar-refractivity contribution < 1.29 is 27.5 Å². The maximum atomic E-state index is 12.9. The van der Waals surface area contributed by atoms with E-state index in [0.29, 0.717) is 25.6 Å². The van der Waals surface area contributed by atoms with Crippen LogP contribution in [0, 0.1) is 0 Å². The lowest BCUT2D eigenvalue weighted by atomic mass is 10.1. The minimum atomic E-state index is -5.17. The van der Waals surface area contributed by atoms with Gasteiger partial charge in [0.1, 0.15) is 5.75 Å². The van der Waals surface area contributed by atoms with E-state index in [9.17, 15) is 13.2 Å². The Morgan fingerprint density at radius 1 is 1.56 bits per heavy atom. The molecule has 1 atom stereocenters. The molecular weight excluding hydrogens is 342 g/mol. The molecule has 0 aliphatic carbocycles. The number of nitrogens with one attached hydrogen (secondary N) is 1. The third kappa shape index (κ3) is 4.24. The first-order valence-electron chi connectivity index (χ1n) is 11.3. The van der Waals surface area contributed by atoms with Crippen molar-refractivity contribution >= 4 is 21.4 Å². The average Bonchev–Trinajstić information content (AvgIpc) is 3.15. The van der Waals surface area contributed by atoms with Gasteiger partial charge in [0.2, 0.25) is 0 Å². The minimum Gasteiger partial charge on any atom is -0.496 e. The zero-order valence-electron chi connectivity index (χ0n) is 21.1. The molecule has 2 rings (SSSR count). The number of hydrogen-bond acceptors (Lipinski definition) is 6. The summed E-state index contributed by atoms with van der Waals surface area (Å²) in [6.45, 7) is -2.56. The highest BCUT2D eigenvalue weighted by Gasteiger charge is 2.25. The van der Waals surface area contributed by atoms with Crippen LogP contribution < -0.4 is 15.8 Å². The van der Waals surface area contributed by atoms with Crippen molar-refractivity contribution in [2.24, 2.45) is 0 Å². The van der Waals surface area contributed by atoms with Crippen molar-refractivity contribution in [3.05, 3.63) is 17.7 Å². The van der Waals surface area contributed by atoms with Crippen molar-refractivity contribution in [2.75, 3.05) is 38.1 Å². The Morgan fingerprint density at radius 2 is 2.32 bits per heavy atom. The number of nitrogens with zero attached hydrogens (tertiary/aromatic N) is 1. The lowest BCUT2D eigenvalue weighted by molar-refractivity contribution is 0.0938. The van der Waals surface area contributed by atoms with Crippen LogP contribution in [0.25, 0.3) is 0 Å². The van der Waals surface area contributed by atoms with Crippen LogP contribution >= 0.6 is 0 Å². The number of nitrogen functional groups attached to an aromatic ring is 1. The number of amides is 1. The Morgan fingerprint density at radius 3 is 2.96 bits per heavy atom. The van der Waals surface area contributed by atoms with Crippen LogP contribution in [0.5, 0.6) is 5.75 Å². The highest BCUT2D eigenvalue weighted by atomic mass is 32.2. The molecule has 0 spiro atoms. The van der Waals surface area contributed by atoms with Crippen LogP contribution in [-0.2, 0) is 9.84 Å². The molecule has 0 radical (unpaired) electrons. The summed E-state index contributed by atoms with van der Waals surface area (Å²) >= 11 is 0. The van der Waals surface area contributed by atoms with Gasteiger partial charge in [0.15, 0.2) is 9.84 Å². The van der Waals surface area contributed by atoms with Crippen molar-refractivity contribution in [1.29, 1.82) is 0 Å². The molecule has 1 aromatic rings. The van der Waals surface area contributed by atoms with E-state index in [-0.39, 0.29) is 5.75 Å². The summed E-state index contributed by atoms with van der Waals surface area (Å²) in [6, 6.07) is 1.08. The van der Waals surface area contributed by atoms with Crippen LogP contribution in [0.2, 0.25) is 0 Å². The first-order chi connectivity index (χ1) is 14.5. The fourth-order valence-corrected chi connectivity index (χ4v) is 3.55. The largest absolute Gasteiger partial charge is 0.496 e. The highest BCUT2D eigenvalue weighted by Crippen LogP contribution is 2.29. The zero-order valence-corrected chi connectivity index (χ0v) is 14.9. The second-order valence-electron chi connectivity index (χ2n) is 5.58. The van der Waals surface area contributed by atoms with Crippen molar-refractivity contribution in [3.63, 3.8) is 0 Å². The second kappa shape index (κ2) is 8.05. The number of nitrogens with two attached hydrogens (primary N) is 1. The fraction of sp³-hybridized carbons (Fsp3) is 0.588. The Labute approximate surface area is 159 Å². The van der Waals surface area contributed by atoms with Gasteiger partial charge < -0.3 is 15.8 Å². The van der Waals surface area contributed by atoms with E-state index in [2.05, 4.69) is 5.32 Å². The quantitative estimate of drug-likeness (QED) is 0.695. The average molecular weight is 377 g/mol. The number of hydrogen-bond donors (Lipinski definition) is 2. The highest BCUT2D eigenvalue weighted by molar-refractivity contribution is 7.91. The number of ether oxygens (including phenoxy) is 1. The van der Waals surface area contributed by atoms with Gasteiger partial charge in [-0.2, -0.15) is 0 Å². The maximum Gasteiger partial charge on any atom is 0.255 e. The third-order valence-corrected chi connectivity index (χ3v) is 5.32. The second-order valence-corrected chi connectivity index (χ2v) is 7.23. The predicted octanol–water partition coefficient (Wildman–Crippen LogP) is 1.29. The summed E-state index contributed by atoms with van der Waals surface area (Å²) in [5, 5.41) is 2.25. The van der Waals surface area contributed by atoms with Crippen LogP contribution in [0.1, 0.15) is 46.6 Å². The summed E-state index contributed by atoms with van der Waals surface area (Å²) in [6.07, 6.45) is 1.27. The molecule has 1 fully saturated rings. The number of benzene rings is 1. The summed E-state index contributed by atoms with van der Waals surface area (Å²) < 4.78 is 84.4. The third-order valence-electron chi connectivity index (χ3n) is 4.12. The maximum absolute atomic E-state index is 12.9. The van der Waals surface area contributed by atoms with Crippen LogP contribution in [0.15, 0.2) is 17.0 Å². The molecule has 1 saturated heterocycles. The number of likely N-dealkylation sites (N-methyl/N-ethyl adjacent to an activating group) is 1. The molecule has 7 nitrogen and oxygen atoms in total. The van der Waals surface area contributed by atoms with E-state index in [0.717, 1.165) is 12.5 Å². The van der Waals surface area contributed by atoms with Crippen molar-refractivity contribution in [1.82, 2.24) is 10.2 Å². The van der Waals surface area contributed by atoms with E-state index in [1.165, 1.54) is 7.11 Å². The van der Waals surface area contributed by atoms with Gasteiger partial charge in [0.25, 0.3) is 5.91 Å². The number of methoxy groups -OCH3 is 1. The molecule has 140 valence electrons.